The fourth-order valence-electron chi connectivity index (χ4n) is 1.87. The van der Waals surface area contributed by atoms with Crippen molar-refractivity contribution in [1.29, 1.82) is 0 Å². The lowest BCUT2D eigenvalue weighted by atomic mass is 10.0. The van der Waals surface area contributed by atoms with Crippen molar-refractivity contribution in [2.24, 2.45) is 0 Å². The quantitative estimate of drug-likeness (QED) is 0.897. The van der Waals surface area contributed by atoms with E-state index in [4.69, 9.17) is 5.11 Å². The summed E-state index contributed by atoms with van der Waals surface area (Å²) in [4.78, 5) is 11.1. The molecule has 0 fully saturated rings. The molecule has 2 rings (SSSR count). The van der Waals surface area contributed by atoms with Crippen molar-refractivity contribution < 1.29 is 9.90 Å². The van der Waals surface area contributed by atoms with Crippen LogP contribution in [0.15, 0.2) is 24.4 Å². The van der Waals surface area contributed by atoms with Gasteiger partial charge in [0, 0.05) is 12.1 Å². The molecule has 1 aromatic heterocycles. The molecule has 2 aromatic rings. The number of rotatable bonds is 4. The van der Waals surface area contributed by atoms with Gasteiger partial charge in [-0.15, -0.1) is 5.10 Å². The van der Waals surface area contributed by atoms with Gasteiger partial charge in [-0.3, -0.25) is 0 Å². The second-order valence-electron chi connectivity index (χ2n) is 4.18. The van der Waals surface area contributed by atoms with Gasteiger partial charge >= 0.3 is 5.97 Å². The van der Waals surface area contributed by atoms with Crippen LogP contribution < -0.4 is 0 Å². The Hall–Kier alpha value is -2.17. The van der Waals surface area contributed by atoms with Gasteiger partial charge in [0.2, 0.25) is 0 Å². The monoisotopic (exact) mass is 245 g/mol. The van der Waals surface area contributed by atoms with Crippen molar-refractivity contribution >= 4 is 5.97 Å². The first kappa shape index (κ1) is 12.3. The summed E-state index contributed by atoms with van der Waals surface area (Å²) >= 11 is 0. The second-order valence-corrected chi connectivity index (χ2v) is 4.18. The molecule has 0 aliphatic rings. The van der Waals surface area contributed by atoms with Gasteiger partial charge in [-0.2, -0.15) is 0 Å². The van der Waals surface area contributed by atoms with Gasteiger partial charge in [0.15, 0.2) is 0 Å². The standard InChI is InChI=1S/C13H15N3O2/c1-3-6-16-12(8-14-15-16)10-5-4-9(2)11(7-10)13(17)18/h4-5,7-8H,3,6H2,1-2H3,(H,17,18). The number of carbonyl (C=O) groups is 1. The summed E-state index contributed by atoms with van der Waals surface area (Å²) in [5.41, 5.74) is 2.74. The molecule has 94 valence electrons. The summed E-state index contributed by atoms with van der Waals surface area (Å²) in [6, 6.07) is 5.37. The zero-order chi connectivity index (χ0) is 13.1. The van der Waals surface area contributed by atoms with Crippen LogP contribution in [0.2, 0.25) is 0 Å². The molecule has 1 heterocycles. The molecule has 0 spiro atoms. The molecule has 1 N–H and O–H groups in total. The van der Waals surface area contributed by atoms with Crippen LogP contribution in [0.5, 0.6) is 0 Å². The Morgan fingerprint density at radius 2 is 2.22 bits per heavy atom. The third-order valence-electron chi connectivity index (χ3n) is 2.82. The number of hydrogen-bond acceptors (Lipinski definition) is 3. The highest BCUT2D eigenvalue weighted by atomic mass is 16.4. The SMILES string of the molecule is CCCn1nncc1-c1ccc(C)c(C(=O)O)c1. The van der Waals surface area contributed by atoms with Crippen LogP contribution in [0.3, 0.4) is 0 Å². The van der Waals surface area contributed by atoms with Gasteiger partial charge in [-0.05, 0) is 25.0 Å². The van der Waals surface area contributed by atoms with Crippen LogP contribution >= 0.6 is 0 Å². The van der Waals surface area contributed by atoms with E-state index in [-0.39, 0.29) is 0 Å². The Morgan fingerprint density at radius 1 is 1.44 bits per heavy atom. The van der Waals surface area contributed by atoms with E-state index < -0.39 is 5.97 Å². The van der Waals surface area contributed by atoms with Gasteiger partial charge in [0.05, 0.1) is 17.5 Å². The molecule has 1 aromatic carbocycles. The van der Waals surface area contributed by atoms with E-state index in [9.17, 15) is 4.79 Å². The summed E-state index contributed by atoms with van der Waals surface area (Å²) in [5.74, 6) is -0.913. The molecule has 0 bridgehead atoms. The molecular weight excluding hydrogens is 230 g/mol. The number of carboxylic acids is 1. The van der Waals surface area contributed by atoms with Gasteiger partial charge in [-0.1, -0.05) is 24.3 Å². The van der Waals surface area contributed by atoms with Crippen LogP contribution in [0.25, 0.3) is 11.3 Å². The van der Waals surface area contributed by atoms with E-state index >= 15 is 0 Å². The van der Waals surface area contributed by atoms with Crippen LogP contribution in [0, 0.1) is 6.92 Å². The summed E-state index contributed by atoms with van der Waals surface area (Å²) in [6.45, 7) is 4.61. The predicted molar refractivity (Wildman–Crippen MR) is 67.4 cm³/mol. The molecule has 0 saturated carbocycles. The highest BCUT2D eigenvalue weighted by Crippen LogP contribution is 2.21. The van der Waals surface area contributed by atoms with Crippen LogP contribution in [0.1, 0.15) is 29.3 Å². The minimum absolute atomic E-state index is 0.316. The van der Waals surface area contributed by atoms with Crippen molar-refractivity contribution in [2.75, 3.05) is 0 Å². The van der Waals surface area contributed by atoms with Crippen LogP contribution in [0.4, 0.5) is 0 Å². The van der Waals surface area contributed by atoms with Crippen LogP contribution in [-0.2, 0) is 6.54 Å². The molecule has 0 atom stereocenters. The van der Waals surface area contributed by atoms with Crippen molar-refractivity contribution in [3.8, 4) is 11.3 Å². The maximum atomic E-state index is 11.1. The largest absolute Gasteiger partial charge is 0.478 e. The van der Waals surface area contributed by atoms with E-state index in [1.54, 1.807) is 23.9 Å². The van der Waals surface area contributed by atoms with Crippen molar-refractivity contribution in [3.05, 3.63) is 35.5 Å². The summed E-state index contributed by atoms with van der Waals surface area (Å²) in [7, 11) is 0. The number of hydrogen-bond donors (Lipinski definition) is 1. The topological polar surface area (TPSA) is 68.0 Å². The zero-order valence-corrected chi connectivity index (χ0v) is 10.4. The fraction of sp³-hybridized carbons (Fsp3) is 0.308. The highest BCUT2D eigenvalue weighted by molar-refractivity contribution is 5.90. The highest BCUT2D eigenvalue weighted by Gasteiger charge is 2.11. The maximum absolute atomic E-state index is 11.1. The van der Waals surface area contributed by atoms with Gasteiger partial charge in [0.1, 0.15) is 0 Å². The molecule has 5 nitrogen and oxygen atoms in total. The normalized spacial score (nSPS) is 10.6. The van der Waals surface area contributed by atoms with Crippen molar-refractivity contribution in [2.45, 2.75) is 26.8 Å². The Balaban J connectivity index is 2.47. The zero-order valence-electron chi connectivity index (χ0n) is 10.4. The number of aromatic nitrogens is 3. The maximum Gasteiger partial charge on any atom is 0.335 e. The van der Waals surface area contributed by atoms with Gasteiger partial charge in [-0.25, -0.2) is 9.48 Å². The Bertz CT molecular complexity index is 575. The molecule has 18 heavy (non-hydrogen) atoms. The molecule has 0 radical (unpaired) electrons. The summed E-state index contributed by atoms with van der Waals surface area (Å²) in [6.07, 6.45) is 2.61. The van der Waals surface area contributed by atoms with E-state index in [1.165, 1.54) is 0 Å². The Kier molecular flexibility index (Phi) is 3.41. The first-order valence-electron chi connectivity index (χ1n) is 5.86. The third kappa shape index (κ3) is 2.25. The van der Waals surface area contributed by atoms with Crippen LogP contribution in [-0.4, -0.2) is 26.1 Å². The molecule has 0 aliphatic heterocycles. The first-order chi connectivity index (χ1) is 8.63. The fourth-order valence-corrected chi connectivity index (χ4v) is 1.87. The summed E-state index contributed by atoms with van der Waals surface area (Å²) in [5, 5.41) is 17.0. The molecular formula is C13H15N3O2. The van der Waals surface area contributed by atoms with E-state index in [1.807, 2.05) is 12.1 Å². The average molecular weight is 245 g/mol. The number of benzene rings is 1. The van der Waals surface area contributed by atoms with Crippen molar-refractivity contribution in [1.82, 2.24) is 15.0 Å². The van der Waals surface area contributed by atoms with E-state index in [0.717, 1.165) is 29.8 Å². The Morgan fingerprint density at radius 3 is 2.89 bits per heavy atom. The lowest BCUT2D eigenvalue weighted by molar-refractivity contribution is 0.0696. The molecule has 0 saturated heterocycles. The Labute approximate surface area is 105 Å². The number of aryl methyl sites for hydroxylation is 2. The second kappa shape index (κ2) is 5.00. The molecule has 5 heteroatoms. The number of carboxylic acid groups (broad SMARTS) is 1. The van der Waals surface area contributed by atoms with Gasteiger partial charge in [0.25, 0.3) is 0 Å². The molecule has 0 aliphatic carbocycles. The van der Waals surface area contributed by atoms with E-state index in [0.29, 0.717) is 5.56 Å². The minimum atomic E-state index is -0.913. The third-order valence-corrected chi connectivity index (χ3v) is 2.82. The first-order valence-corrected chi connectivity index (χ1v) is 5.86. The smallest absolute Gasteiger partial charge is 0.335 e. The summed E-state index contributed by atoms with van der Waals surface area (Å²) < 4.78 is 1.79. The predicted octanol–water partition coefficient (Wildman–Crippen LogP) is 2.36. The van der Waals surface area contributed by atoms with Crippen molar-refractivity contribution in [3.63, 3.8) is 0 Å². The average Bonchev–Trinajstić information content (AvgIpc) is 2.78. The number of aromatic carboxylic acids is 1. The lowest BCUT2D eigenvalue weighted by Gasteiger charge is -2.07. The molecule has 0 amide bonds. The lowest BCUT2D eigenvalue weighted by Crippen LogP contribution is -2.03. The molecule has 0 unspecified atom stereocenters. The number of nitrogens with zero attached hydrogens (tertiary/aromatic N) is 3. The minimum Gasteiger partial charge on any atom is -0.478 e. The van der Waals surface area contributed by atoms with E-state index in [2.05, 4.69) is 17.2 Å². The van der Waals surface area contributed by atoms with Gasteiger partial charge < -0.3 is 5.11 Å².